The van der Waals surface area contributed by atoms with Crippen LogP contribution in [0.1, 0.15) is 0 Å². The maximum Gasteiger partial charge on any atom is 0.238 e. The molecule has 1 aliphatic heterocycles. The van der Waals surface area contributed by atoms with Crippen molar-refractivity contribution in [2.24, 2.45) is 0 Å². The second kappa shape index (κ2) is 10.3. The molecule has 3 rings (SSSR count). The summed E-state index contributed by atoms with van der Waals surface area (Å²) in [5.74, 6) is -3.22. The first kappa shape index (κ1) is 21.9. The van der Waals surface area contributed by atoms with Gasteiger partial charge < -0.3 is 14.8 Å². The first-order valence-corrected chi connectivity index (χ1v) is 9.61. The molecule has 2 aromatic carbocycles. The van der Waals surface area contributed by atoms with Crippen LogP contribution >= 0.6 is 0 Å². The first-order valence-electron chi connectivity index (χ1n) is 9.61. The predicted molar refractivity (Wildman–Crippen MR) is 106 cm³/mol. The summed E-state index contributed by atoms with van der Waals surface area (Å²) in [5.41, 5.74) is -0.367. The highest BCUT2D eigenvalue weighted by atomic mass is 19.2. The number of nitrogens with one attached hydrogen (secondary N) is 1. The quantitative estimate of drug-likeness (QED) is 0.662. The smallest absolute Gasteiger partial charge is 0.238 e. The number of amides is 1. The van der Waals surface area contributed by atoms with Gasteiger partial charge in [-0.3, -0.25) is 14.6 Å². The summed E-state index contributed by atoms with van der Waals surface area (Å²) in [4.78, 5) is 16.3. The van der Waals surface area contributed by atoms with Gasteiger partial charge in [-0.2, -0.15) is 0 Å². The molecule has 162 valence electrons. The van der Waals surface area contributed by atoms with E-state index in [0.29, 0.717) is 19.7 Å². The van der Waals surface area contributed by atoms with Gasteiger partial charge in [-0.15, -0.1) is 0 Å². The number of hydrogen-bond acceptors (Lipinski definition) is 5. The number of carbonyl (C=O) groups is 1. The molecule has 30 heavy (non-hydrogen) atoms. The van der Waals surface area contributed by atoms with Gasteiger partial charge in [0.15, 0.2) is 17.5 Å². The van der Waals surface area contributed by atoms with Crippen molar-refractivity contribution in [3.63, 3.8) is 0 Å². The molecule has 0 atom stereocenters. The predicted octanol–water partition coefficient (Wildman–Crippen LogP) is 2.75. The minimum Gasteiger partial charge on any atom is -0.497 e. The van der Waals surface area contributed by atoms with Gasteiger partial charge in [-0.1, -0.05) is 0 Å². The van der Waals surface area contributed by atoms with Crippen LogP contribution in [0.3, 0.4) is 0 Å². The van der Waals surface area contributed by atoms with E-state index >= 15 is 0 Å². The van der Waals surface area contributed by atoms with Crippen LogP contribution < -0.4 is 14.8 Å². The van der Waals surface area contributed by atoms with Crippen LogP contribution in [-0.2, 0) is 4.79 Å². The number of carbonyl (C=O) groups excluding carboxylic acids is 1. The average Bonchev–Trinajstić information content (AvgIpc) is 2.76. The Kier molecular flexibility index (Phi) is 7.53. The van der Waals surface area contributed by atoms with E-state index in [2.05, 4.69) is 10.2 Å². The Bertz CT molecular complexity index is 857. The lowest BCUT2D eigenvalue weighted by atomic mass is 10.2. The van der Waals surface area contributed by atoms with Crippen molar-refractivity contribution in [2.75, 3.05) is 58.3 Å². The van der Waals surface area contributed by atoms with E-state index in [-0.39, 0.29) is 12.2 Å². The van der Waals surface area contributed by atoms with Crippen molar-refractivity contribution in [1.29, 1.82) is 0 Å². The summed E-state index contributed by atoms with van der Waals surface area (Å²) in [7, 11) is 1.61. The van der Waals surface area contributed by atoms with E-state index in [1.807, 2.05) is 29.2 Å². The Morgan fingerprint density at radius 3 is 2.23 bits per heavy atom. The standard InChI is InChI=1S/C21H24F3N3O3/c1-29-15-2-4-16(5-3-15)30-13-12-26-8-10-27(11-9-26)14-19(28)25-18-7-6-17(22)20(23)21(18)24/h2-7H,8-14H2,1H3,(H,25,28). The monoisotopic (exact) mass is 423 g/mol. The normalized spacial score (nSPS) is 15.1. The van der Waals surface area contributed by atoms with Crippen LogP contribution in [0.15, 0.2) is 36.4 Å². The van der Waals surface area contributed by atoms with Crippen molar-refractivity contribution < 1.29 is 27.4 Å². The lowest BCUT2D eigenvalue weighted by Gasteiger charge is -2.34. The minimum atomic E-state index is -1.60. The highest BCUT2D eigenvalue weighted by Gasteiger charge is 2.20. The topological polar surface area (TPSA) is 54.0 Å². The van der Waals surface area contributed by atoms with Crippen molar-refractivity contribution in [2.45, 2.75) is 0 Å². The van der Waals surface area contributed by atoms with Gasteiger partial charge in [0.1, 0.15) is 18.1 Å². The highest BCUT2D eigenvalue weighted by Crippen LogP contribution is 2.20. The third-order valence-corrected chi connectivity index (χ3v) is 4.88. The summed E-state index contributed by atoms with van der Waals surface area (Å²) in [5, 5.41) is 2.29. The van der Waals surface area contributed by atoms with Crippen LogP contribution in [0, 0.1) is 17.5 Å². The molecule has 1 amide bonds. The SMILES string of the molecule is COc1ccc(OCCN2CCN(CC(=O)Nc3ccc(F)c(F)c3F)CC2)cc1. The number of hydrogen-bond donors (Lipinski definition) is 1. The van der Waals surface area contributed by atoms with Gasteiger partial charge in [-0.05, 0) is 36.4 Å². The second-order valence-corrected chi connectivity index (χ2v) is 6.91. The van der Waals surface area contributed by atoms with Gasteiger partial charge in [0.2, 0.25) is 5.91 Å². The van der Waals surface area contributed by atoms with Crippen LogP contribution in [0.4, 0.5) is 18.9 Å². The number of nitrogens with zero attached hydrogens (tertiary/aromatic N) is 2. The molecule has 0 spiro atoms. The summed E-state index contributed by atoms with van der Waals surface area (Å²) < 4.78 is 50.7. The van der Waals surface area contributed by atoms with Crippen LogP contribution in [-0.4, -0.2) is 68.7 Å². The van der Waals surface area contributed by atoms with Crippen LogP contribution in [0.25, 0.3) is 0 Å². The van der Waals surface area contributed by atoms with Gasteiger partial charge in [0, 0.05) is 32.7 Å². The fourth-order valence-electron chi connectivity index (χ4n) is 3.15. The van der Waals surface area contributed by atoms with E-state index < -0.39 is 23.4 Å². The molecule has 6 nitrogen and oxygen atoms in total. The fourth-order valence-corrected chi connectivity index (χ4v) is 3.15. The van der Waals surface area contributed by atoms with Crippen molar-refractivity contribution in [3.05, 3.63) is 53.8 Å². The lowest BCUT2D eigenvalue weighted by molar-refractivity contribution is -0.117. The number of methoxy groups -OCH3 is 1. The number of benzene rings is 2. The molecule has 2 aromatic rings. The Morgan fingerprint density at radius 1 is 0.933 bits per heavy atom. The molecule has 9 heteroatoms. The molecular formula is C21H24F3N3O3. The van der Waals surface area contributed by atoms with Gasteiger partial charge in [-0.25, -0.2) is 13.2 Å². The zero-order valence-electron chi connectivity index (χ0n) is 16.7. The second-order valence-electron chi connectivity index (χ2n) is 6.91. The summed E-state index contributed by atoms with van der Waals surface area (Å²) in [6.45, 7) is 4.20. The summed E-state index contributed by atoms with van der Waals surface area (Å²) in [6.07, 6.45) is 0. The van der Waals surface area contributed by atoms with Crippen molar-refractivity contribution >= 4 is 11.6 Å². The van der Waals surface area contributed by atoms with E-state index in [4.69, 9.17) is 9.47 Å². The van der Waals surface area contributed by atoms with Gasteiger partial charge in [0.25, 0.3) is 0 Å². The highest BCUT2D eigenvalue weighted by molar-refractivity contribution is 5.92. The maximum atomic E-state index is 13.7. The molecule has 1 aliphatic rings. The lowest BCUT2D eigenvalue weighted by Crippen LogP contribution is -2.49. The Labute approximate surface area is 173 Å². The molecule has 1 heterocycles. The number of piperazine rings is 1. The van der Waals surface area contributed by atoms with E-state index in [1.165, 1.54) is 0 Å². The molecule has 0 bridgehead atoms. The zero-order chi connectivity index (χ0) is 21.5. The van der Waals surface area contributed by atoms with Gasteiger partial charge in [0.05, 0.1) is 19.3 Å². The van der Waals surface area contributed by atoms with Crippen LogP contribution in [0.5, 0.6) is 11.5 Å². The molecule has 0 radical (unpaired) electrons. The van der Waals surface area contributed by atoms with E-state index in [0.717, 1.165) is 43.3 Å². The minimum absolute atomic E-state index is 0.0502. The largest absolute Gasteiger partial charge is 0.497 e. The molecule has 1 fully saturated rings. The number of anilines is 1. The summed E-state index contributed by atoms with van der Waals surface area (Å²) in [6, 6.07) is 9.17. The summed E-state index contributed by atoms with van der Waals surface area (Å²) >= 11 is 0. The van der Waals surface area contributed by atoms with Crippen molar-refractivity contribution in [3.8, 4) is 11.5 Å². The molecular weight excluding hydrogens is 399 g/mol. The maximum absolute atomic E-state index is 13.7. The third-order valence-electron chi connectivity index (χ3n) is 4.88. The Balaban J connectivity index is 1.37. The molecule has 1 saturated heterocycles. The van der Waals surface area contributed by atoms with E-state index in [9.17, 15) is 18.0 Å². The first-order chi connectivity index (χ1) is 14.5. The number of rotatable bonds is 8. The molecule has 0 unspecified atom stereocenters. The fraction of sp³-hybridized carbons (Fsp3) is 0.381. The Hall–Kier alpha value is -2.78. The Morgan fingerprint density at radius 2 is 1.57 bits per heavy atom. The number of halogens is 3. The molecule has 0 aromatic heterocycles. The number of ether oxygens (including phenoxy) is 2. The van der Waals surface area contributed by atoms with Gasteiger partial charge >= 0.3 is 0 Å². The van der Waals surface area contributed by atoms with Crippen LogP contribution in [0.2, 0.25) is 0 Å². The van der Waals surface area contributed by atoms with E-state index in [1.54, 1.807) is 7.11 Å². The molecule has 0 aliphatic carbocycles. The molecule has 1 N–H and O–H groups in total. The molecule has 0 saturated carbocycles. The van der Waals surface area contributed by atoms with Crippen molar-refractivity contribution in [1.82, 2.24) is 9.80 Å². The third kappa shape index (κ3) is 5.87. The zero-order valence-corrected chi connectivity index (χ0v) is 16.7. The average molecular weight is 423 g/mol.